The largest absolute Gasteiger partial charge is 0.389 e. The summed E-state index contributed by atoms with van der Waals surface area (Å²) in [7, 11) is 0. The number of nitrogens with two attached hydrogens (primary N) is 1. The van der Waals surface area contributed by atoms with Crippen LogP contribution in [0.5, 0.6) is 0 Å². The van der Waals surface area contributed by atoms with Gasteiger partial charge in [-0.05, 0) is 18.6 Å². The van der Waals surface area contributed by atoms with Crippen molar-refractivity contribution >= 4 is 28.8 Å². The van der Waals surface area contributed by atoms with Crippen LogP contribution in [0.25, 0.3) is 0 Å². The molecule has 0 heterocycles. The highest BCUT2D eigenvalue weighted by Crippen LogP contribution is 2.17. The summed E-state index contributed by atoms with van der Waals surface area (Å²) in [6.07, 6.45) is 0. The van der Waals surface area contributed by atoms with Gasteiger partial charge in [-0.2, -0.15) is 0 Å². The Hall–Kier alpha value is -1.42. The van der Waals surface area contributed by atoms with Crippen LogP contribution in [0.3, 0.4) is 0 Å². The highest BCUT2D eigenvalue weighted by atomic mass is 32.1. The number of benzene rings is 1. The fourth-order valence-electron chi connectivity index (χ4n) is 1.19. The van der Waals surface area contributed by atoms with E-state index in [1.54, 1.807) is 6.07 Å². The molecule has 0 spiro atoms. The van der Waals surface area contributed by atoms with Gasteiger partial charge in [0, 0.05) is 17.2 Å². The van der Waals surface area contributed by atoms with Crippen LogP contribution in [-0.2, 0) is 4.79 Å². The molecule has 0 radical (unpaired) electrons. The first-order valence-electron chi connectivity index (χ1n) is 5.13. The summed E-state index contributed by atoms with van der Waals surface area (Å²) < 4.78 is 0. The molecule has 0 aromatic heterocycles. The predicted molar refractivity (Wildman–Crippen MR) is 70.5 cm³/mol. The monoisotopic (exact) mass is 236 g/mol. The van der Waals surface area contributed by atoms with E-state index in [9.17, 15) is 4.79 Å². The van der Waals surface area contributed by atoms with Crippen molar-refractivity contribution in [2.75, 3.05) is 5.32 Å². The maximum Gasteiger partial charge on any atom is 0.226 e. The van der Waals surface area contributed by atoms with Gasteiger partial charge in [0.15, 0.2) is 0 Å². The maximum atomic E-state index is 11.6. The van der Waals surface area contributed by atoms with Crippen molar-refractivity contribution in [3.63, 3.8) is 0 Å². The van der Waals surface area contributed by atoms with Crippen molar-refractivity contribution < 1.29 is 4.79 Å². The minimum Gasteiger partial charge on any atom is -0.389 e. The Morgan fingerprint density at radius 1 is 1.44 bits per heavy atom. The van der Waals surface area contributed by atoms with Gasteiger partial charge in [0.25, 0.3) is 0 Å². The van der Waals surface area contributed by atoms with Crippen molar-refractivity contribution in [1.29, 1.82) is 0 Å². The molecule has 0 bridgehead atoms. The molecule has 0 atom stereocenters. The average Bonchev–Trinajstić information content (AvgIpc) is 2.20. The molecule has 0 aliphatic carbocycles. The molecule has 16 heavy (non-hydrogen) atoms. The summed E-state index contributed by atoms with van der Waals surface area (Å²) >= 11 is 4.90. The van der Waals surface area contributed by atoms with Gasteiger partial charge in [-0.25, -0.2) is 0 Å². The van der Waals surface area contributed by atoms with Crippen LogP contribution in [0.4, 0.5) is 5.69 Å². The molecule has 0 unspecified atom stereocenters. The van der Waals surface area contributed by atoms with Gasteiger partial charge >= 0.3 is 0 Å². The van der Waals surface area contributed by atoms with Crippen LogP contribution >= 0.6 is 12.2 Å². The van der Waals surface area contributed by atoms with Crippen LogP contribution in [0.15, 0.2) is 18.2 Å². The third-order valence-electron chi connectivity index (χ3n) is 2.30. The predicted octanol–water partition coefficient (Wildman–Crippen LogP) is 2.22. The molecule has 1 aromatic rings. The van der Waals surface area contributed by atoms with Crippen molar-refractivity contribution in [3.05, 3.63) is 29.3 Å². The number of nitrogens with one attached hydrogen (secondary N) is 1. The number of rotatable bonds is 3. The van der Waals surface area contributed by atoms with Crippen molar-refractivity contribution in [2.24, 2.45) is 11.7 Å². The second-order valence-corrected chi connectivity index (χ2v) is 4.48. The smallest absolute Gasteiger partial charge is 0.226 e. The van der Waals surface area contributed by atoms with Gasteiger partial charge in [0.1, 0.15) is 4.99 Å². The topological polar surface area (TPSA) is 55.1 Å². The molecule has 0 fully saturated rings. The second kappa shape index (κ2) is 5.07. The average molecular weight is 236 g/mol. The Morgan fingerprint density at radius 2 is 2.06 bits per heavy atom. The molecular formula is C12H16N2OS. The number of anilines is 1. The van der Waals surface area contributed by atoms with Gasteiger partial charge in [0.2, 0.25) is 5.91 Å². The summed E-state index contributed by atoms with van der Waals surface area (Å²) in [6, 6.07) is 5.55. The van der Waals surface area contributed by atoms with E-state index in [4.69, 9.17) is 18.0 Å². The van der Waals surface area contributed by atoms with E-state index in [1.165, 1.54) is 0 Å². The minimum atomic E-state index is -0.0483. The molecular weight excluding hydrogens is 220 g/mol. The van der Waals surface area contributed by atoms with E-state index in [-0.39, 0.29) is 11.8 Å². The van der Waals surface area contributed by atoms with E-state index in [2.05, 4.69) is 5.32 Å². The molecule has 1 rings (SSSR count). The second-order valence-electron chi connectivity index (χ2n) is 4.04. The fourth-order valence-corrected chi connectivity index (χ4v) is 1.31. The molecule has 4 heteroatoms. The van der Waals surface area contributed by atoms with Crippen molar-refractivity contribution in [2.45, 2.75) is 20.8 Å². The Balaban J connectivity index is 2.99. The van der Waals surface area contributed by atoms with Crippen LogP contribution in [0.1, 0.15) is 25.0 Å². The molecule has 86 valence electrons. The quantitative estimate of drug-likeness (QED) is 0.791. The first-order valence-corrected chi connectivity index (χ1v) is 5.54. The van der Waals surface area contributed by atoms with Crippen molar-refractivity contribution in [3.8, 4) is 0 Å². The zero-order valence-corrected chi connectivity index (χ0v) is 10.5. The molecule has 3 N–H and O–H groups in total. The highest BCUT2D eigenvalue weighted by molar-refractivity contribution is 7.80. The number of carbonyl (C=O) groups excluding carboxylic acids is 1. The minimum absolute atomic E-state index is 0.0109. The molecule has 0 aliphatic rings. The molecule has 3 nitrogen and oxygen atoms in total. The molecule has 0 saturated heterocycles. The summed E-state index contributed by atoms with van der Waals surface area (Å²) in [5.41, 5.74) is 8.07. The number of carbonyl (C=O) groups is 1. The van der Waals surface area contributed by atoms with Crippen LogP contribution in [0, 0.1) is 12.8 Å². The van der Waals surface area contributed by atoms with E-state index in [0.717, 1.165) is 16.8 Å². The molecule has 0 aliphatic heterocycles. The number of hydrogen-bond acceptors (Lipinski definition) is 2. The van der Waals surface area contributed by atoms with Crippen LogP contribution in [-0.4, -0.2) is 10.9 Å². The lowest BCUT2D eigenvalue weighted by atomic mass is 10.1. The first-order chi connectivity index (χ1) is 7.41. The zero-order chi connectivity index (χ0) is 12.3. The van der Waals surface area contributed by atoms with E-state index < -0.39 is 0 Å². The zero-order valence-electron chi connectivity index (χ0n) is 9.70. The lowest BCUT2D eigenvalue weighted by Gasteiger charge is -2.11. The Kier molecular flexibility index (Phi) is 4.01. The number of thiocarbonyl (C=S) groups is 1. The van der Waals surface area contributed by atoms with Gasteiger partial charge in [0.05, 0.1) is 0 Å². The Bertz CT molecular complexity index is 427. The van der Waals surface area contributed by atoms with E-state index >= 15 is 0 Å². The Morgan fingerprint density at radius 3 is 2.56 bits per heavy atom. The fraction of sp³-hybridized carbons (Fsp3) is 0.333. The third-order valence-corrected chi connectivity index (χ3v) is 2.54. The summed E-state index contributed by atoms with van der Waals surface area (Å²) in [5.74, 6) is -0.0592. The number of aryl methyl sites for hydroxylation is 1. The van der Waals surface area contributed by atoms with Crippen LogP contribution in [0.2, 0.25) is 0 Å². The lowest BCUT2D eigenvalue weighted by Crippen LogP contribution is -2.19. The SMILES string of the molecule is Cc1ccc(C(N)=S)cc1NC(=O)C(C)C. The summed E-state index contributed by atoms with van der Waals surface area (Å²) in [5, 5.41) is 2.85. The number of hydrogen-bond donors (Lipinski definition) is 2. The van der Waals surface area contributed by atoms with Crippen LogP contribution < -0.4 is 11.1 Å². The highest BCUT2D eigenvalue weighted by Gasteiger charge is 2.09. The van der Waals surface area contributed by atoms with E-state index in [0.29, 0.717) is 4.99 Å². The van der Waals surface area contributed by atoms with Gasteiger partial charge < -0.3 is 11.1 Å². The third kappa shape index (κ3) is 3.03. The normalized spacial score (nSPS) is 10.2. The van der Waals surface area contributed by atoms with Gasteiger partial charge in [-0.1, -0.05) is 38.2 Å². The number of amides is 1. The molecule has 1 amide bonds. The summed E-state index contributed by atoms with van der Waals surface area (Å²) in [4.78, 5) is 11.9. The van der Waals surface area contributed by atoms with E-state index in [1.807, 2.05) is 32.9 Å². The molecule has 1 aromatic carbocycles. The van der Waals surface area contributed by atoms with Crippen molar-refractivity contribution in [1.82, 2.24) is 0 Å². The lowest BCUT2D eigenvalue weighted by molar-refractivity contribution is -0.118. The van der Waals surface area contributed by atoms with Gasteiger partial charge in [-0.3, -0.25) is 4.79 Å². The summed E-state index contributed by atoms with van der Waals surface area (Å²) in [6.45, 7) is 5.63. The first kappa shape index (κ1) is 12.6. The standard InChI is InChI=1S/C12H16N2OS/c1-7(2)12(15)14-10-6-9(11(13)16)5-4-8(10)3/h4-7H,1-3H3,(H2,13,16)(H,14,15). The Labute approximate surface area is 101 Å². The van der Waals surface area contributed by atoms with Gasteiger partial charge in [-0.15, -0.1) is 0 Å². The molecule has 0 saturated carbocycles. The maximum absolute atomic E-state index is 11.6.